The van der Waals surface area contributed by atoms with Crippen LogP contribution in [0.2, 0.25) is 0 Å². The average molecular weight is 429 g/mol. The highest BCUT2D eigenvalue weighted by atomic mass is 16.5. The zero-order valence-corrected chi connectivity index (χ0v) is 19.0. The summed E-state index contributed by atoms with van der Waals surface area (Å²) in [5.41, 5.74) is 2.51. The second-order valence-corrected chi connectivity index (χ2v) is 9.18. The minimum Gasteiger partial charge on any atom is -0.497 e. The topological polar surface area (TPSA) is 46.5 Å². The molecule has 3 aromatic rings. The molecular formula is C29H32O3. The SMILES string of the molecule is COc1cccc(CC2(C(C)(c3ccccc3)c3ccccc3)CCCCC2C(=O)O)c1. The van der Waals surface area contributed by atoms with Gasteiger partial charge in [0.15, 0.2) is 0 Å². The summed E-state index contributed by atoms with van der Waals surface area (Å²) < 4.78 is 5.49. The van der Waals surface area contributed by atoms with Crippen LogP contribution in [-0.4, -0.2) is 18.2 Å². The first-order valence-corrected chi connectivity index (χ1v) is 11.5. The van der Waals surface area contributed by atoms with Gasteiger partial charge >= 0.3 is 5.97 Å². The lowest BCUT2D eigenvalue weighted by atomic mass is 9.47. The van der Waals surface area contributed by atoms with Crippen LogP contribution >= 0.6 is 0 Å². The van der Waals surface area contributed by atoms with E-state index in [1.807, 2.05) is 24.3 Å². The Labute approximate surface area is 191 Å². The standard InChI is InChI=1S/C29H32O3/c1-28(23-13-5-3-6-14-23,24-15-7-4-8-16-24)29(19-10-9-18-26(29)27(30)31)21-22-12-11-17-25(20-22)32-2/h3-8,11-17,20,26H,9-10,18-19,21H2,1-2H3,(H,30,31). The number of carboxylic acids is 1. The Balaban J connectivity index is 1.98. The van der Waals surface area contributed by atoms with Crippen molar-refractivity contribution in [3.8, 4) is 5.75 Å². The number of carbonyl (C=O) groups is 1. The van der Waals surface area contributed by atoms with E-state index >= 15 is 0 Å². The first-order valence-electron chi connectivity index (χ1n) is 11.5. The summed E-state index contributed by atoms with van der Waals surface area (Å²) in [4.78, 5) is 12.8. The maximum absolute atomic E-state index is 12.8. The Morgan fingerprint density at radius 2 is 1.59 bits per heavy atom. The summed E-state index contributed by atoms with van der Waals surface area (Å²) in [6, 6.07) is 29.1. The fourth-order valence-corrected chi connectivity index (χ4v) is 6.02. The molecule has 0 amide bonds. The van der Waals surface area contributed by atoms with Gasteiger partial charge in [0.25, 0.3) is 0 Å². The van der Waals surface area contributed by atoms with E-state index in [-0.39, 0.29) is 0 Å². The number of rotatable bonds is 7. The van der Waals surface area contributed by atoms with E-state index in [2.05, 4.69) is 67.6 Å². The molecule has 0 bridgehead atoms. The Kier molecular flexibility index (Phi) is 6.36. The van der Waals surface area contributed by atoms with Gasteiger partial charge in [-0.1, -0.05) is 92.6 Å². The number of hydrogen-bond acceptors (Lipinski definition) is 2. The molecule has 3 nitrogen and oxygen atoms in total. The Morgan fingerprint density at radius 3 is 2.16 bits per heavy atom. The highest BCUT2D eigenvalue weighted by Gasteiger charge is 2.57. The molecule has 166 valence electrons. The molecule has 1 saturated carbocycles. The molecule has 0 spiro atoms. The predicted octanol–water partition coefficient (Wildman–Crippen LogP) is 6.51. The molecule has 1 fully saturated rings. The quantitative estimate of drug-likeness (QED) is 0.467. The minimum atomic E-state index is -0.689. The fourth-order valence-electron chi connectivity index (χ4n) is 6.02. The van der Waals surface area contributed by atoms with E-state index in [0.717, 1.165) is 30.6 Å². The van der Waals surface area contributed by atoms with Crippen molar-refractivity contribution in [2.45, 2.75) is 44.4 Å². The van der Waals surface area contributed by atoms with Gasteiger partial charge in [0, 0.05) is 10.8 Å². The van der Waals surface area contributed by atoms with Crippen molar-refractivity contribution < 1.29 is 14.6 Å². The normalized spacial score (nSPS) is 21.1. The van der Waals surface area contributed by atoms with Crippen LogP contribution in [0.25, 0.3) is 0 Å². The van der Waals surface area contributed by atoms with Crippen molar-refractivity contribution in [3.63, 3.8) is 0 Å². The Morgan fingerprint density at radius 1 is 0.969 bits per heavy atom. The molecule has 3 aromatic carbocycles. The van der Waals surface area contributed by atoms with Crippen molar-refractivity contribution in [1.82, 2.24) is 0 Å². The highest BCUT2D eigenvalue weighted by molar-refractivity contribution is 5.72. The monoisotopic (exact) mass is 428 g/mol. The molecule has 4 rings (SSSR count). The lowest BCUT2D eigenvalue weighted by molar-refractivity contribution is -0.151. The van der Waals surface area contributed by atoms with Crippen LogP contribution in [0.4, 0.5) is 0 Å². The summed E-state index contributed by atoms with van der Waals surface area (Å²) >= 11 is 0. The van der Waals surface area contributed by atoms with Crippen molar-refractivity contribution in [2.75, 3.05) is 7.11 Å². The van der Waals surface area contributed by atoms with Gasteiger partial charge in [0.1, 0.15) is 5.75 Å². The Hall–Kier alpha value is -3.07. The maximum Gasteiger partial charge on any atom is 0.307 e. The third-order valence-corrected chi connectivity index (χ3v) is 7.68. The van der Waals surface area contributed by atoms with Crippen molar-refractivity contribution in [1.29, 1.82) is 0 Å². The first-order chi connectivity index (χ1) is 15.5. The van der Waals surface area contributed by atoms with Crippen LogP contribution in [0, 0.1) is 11.3 Å². The van der Waals surface area contributed by atoms with E-state index in [9.17, 15) is 9.90 Å². The zero-order chi connectivity index (χ0) is 22.6. The predicted molar refractivity (Wildman–Crippen MR) is 128 cm³/mol. The number of ether oxygens (including phenoxy) is 1. The number of hydrogen-bond donors (Lipinski definition) is 1. The average Bonchev–Trinajstić information content (AvgIpc) is 2.84. The molecule has 32 heavy (non-hydrogen) atoms. The van der Waals surface area contributed by atoms with Gasteiger partial charge in [-0.2, -0.15) is 0 Å². The summed E-state index contributed by atoms with van der Waals surface area (Å²) in [6.45, 7) is 2.26. The van der Waals surface area contributed by atoms with Gasteiger partial charge in [-0.25, -0.2) is 0 Å². The van der Waals surface area contributed by atoms with Crippen molar-refractivity contribution in [3.05, 3.63) is 102 Å². The van der Waals surface area contributed by atoms with Crippen LogP contribution in [0.3, 0.4) is 0 Å². The molecule has 0 heterocycles. The molecule has 2 unspecified atom stereocenters. The summed E-state index contributed by atoms with van der Waals surface area (Å²) in [6.07, 6.45) is 4.23. The Bertz CT molecular complexity index is 1000. The van der Waals surface area contributed by atoms with Gasteiger partial charge in [-0.3, -0.25) is 4.79 Å². The van der Waals surface area contributed by atoms with Gasteiger partial charge < -0.3 is 9.84 Å². The fraction of sp³-hybridized carbons (Fsp3) is 0.345. The molecule has 0 saturated heterocycles. The molecule has 2 atom stereocenters. The molecule has 1 aliphatic carbocycles. The van der Waals surface area contributed by atoms with Gasteiger partial charge in [0.05, 0.1) is 13.0 Å². The molecule has 0 aromatic heterocycles. The van der Waals surface area contributed by atoms with E-state index in [1.165, 1.54) is 11.1 Å². The van der Waals surface area contributed by atoms with Crippen LogP contribution in [0.5, 0.6) is 5.75 Å². The van der Waals surface area contributed by atoms with Crippen LogP contribution in [-0.2, 0) is 16.6 Å². The molecule has 0 aliphatic heterocycles. The van der Waals surface area contributed by atoms with Gasteiger partial charge in [-0.05, 0) is 48.1 Å². The maximum atomic E-state index is 12.8. The molecular weight excluding hydrogens is 396 g/mol. The van der Waals surface area contributed by atoms with Crippen molar-refractivity contribution >= 4 is 5.97 Å². The number of carboxylic acid groups (broad SMARTS) is 1. The number of aliphatic carboxylic acids is 1. The zero-order valence-electron chi connectivity index (χ0n) is 19.0. The molecule has 3 heteroatoms. The lowest BCUT2D eigenvalue weighted by Gasteiger charge is -2.55. The molecule has 1 N–H and O–H groups in total. The van der Waals surface area contributed by atoms with Crippen LogP contribution in [0.1, 0.15) is 49.3 Å². The third-order valence-electron chi connectivity index (χ3n) is 7.68. The van der Waals surface area contributed by atoms with Gasteiger partial charge in [-0.15, -0.1) is 0 Å². The molecule has 1 aliphatic rings. The lowest BCUT2D eigenvalue weighted by Crippen LogP contribution is -2.54. The van der Waals surface area contributed by atoms with Crippen LogP contribution in [0.15, 0.2) is 84.9 Å². The first kappa shape index (κ1) is 22.1. The smallest absolute Gasteiger partial charge is 0.307 e. The molecule has 0 radical (unpaired) electrons. The summed E-state index contributed by atoms with van der Waals surface area (Å²) in [5, 5.41) is 10.5. The summed E-state index contributed by atoms with van der Waals surface area (Å²) in [7, 11) is 1.67. The minimum absolute atomic E-state index is 0.437. The third kappa shape index (κ3) is 3.81. The summed E-state index contributed by atoms with van der Waals surface area (Å²) in [5.74, 6) is -0.319. The highest BCUT2D eigenvalue weighted by Crippen LogP contribution is 2.59. The van der Waals surface area contributed by atoms with E-state index in [0.29, 0.717) is 12.8 Å². The van der Waals surface area contributed by atoms with E-state index in [4.69, 9.17) is 4.74 Å². The van der Waals surface area contributed by atoms with Crippen LogP contribution < -0.4 is 4.74 Å². The van der Waals surface area contributed by atoms with E-state index < -0.39 is 22.7 Å². The van der Waals surface area contributed by atoms with Gasteiger partial charge in [0.2, 0.25) is 0 Å². The largest absolute Gasteiger partial charge is 0.497 e. The van der Waals surface area contributed by atoms with Crippen molar-refractivity contribution in [2.24, 2.45) is 11.3 Å². The number of benzene rings is 3. The van der Waals surface area contributed by atoms with E-state index in [1.54, 1.807) is 7.11 Å². The number of methoxy groups -OCH3 is 1. The second-order valence-electron chi connectivity index (χ2n) is 9.18. The second kappa shape index (κ2) is 9.20.